The Morgan fingerprint density at radius 2 is 2.23 bits per heavy atom. The van der Waals surface area contributed by atoms with Crippen molar-refractivity contribution in [2.24, 2.45) is 0 Å². The normalized spacial score (nSPS) is 10.2. The summed E-state index contributed by atoms with van der Waals surface area (Å²) < 4.78 is 0. The average molecular weight is 335 g/mol. The molecule has 0 spiro atoms. The number of aliphatic hydroxyl groups excluding tert-OH is 1. The molecule has 0 aliphatic carbocycles. The Labute approximate surface area is 138 Å². The van der Waals surface area contributed by atoms with Crippen molar-refractivity contribution in [3.05, 3.63) is 56.7 Å². The van der Waals surface area contributed by atoms with Gasteiger partial charge in [0.15, 0.2) is 0 Å². The number of rotatable bonds is 6. The van der Waals surface area contributed by atoms with Crippen molar-refractivity contribution in [2.75, 3.05) is 13.2 Å². The maximum Gasteiger partial charge on any atom is 0.264 e. The van der Waals surface area contributed by atoms with Gasteiger partial charge in [-0.05, 0) is 30.2 Å². The van der Waals surface area contributed by atoms with E-state index in [-0.39, 0.29) is 12.5 Å². The van der Waals surface area contributed by atoms with E-state index in [2.05, 4.69) is 0 Å². The lowest BCUT2D eigenvalue weighted by atomic mass is 10.2. The van der Waals surface area contributed by atoms with Gasteiger partial charge in [-0.15, -0.1) is 11.3 Å². The number of amides is 1. The van der Waals surface area contributed by atoms with Gasteiger partial charge in [-0.2, -0.15) is 5.26 Å². The number of thiophene rings is 1. The molecule has 0 aliphatic heterocycles. The lowest BCUT2D eigenvalue weighted by Gasteiger charge is -2.22. The predicted molar refractivity (Wildman–Crippen MR) is 86.9 cm³/mol. The third-order valence-electron chi connectivity index (χ3n) is 3.08. The van der Waals surface area contributed by atoms with Crippen LogP contribution in [0.3, 0.4) is 0 Å². The molecule has 0 saturated carbocycles. The number of hydrogen-bond donors (Lipinski definition) is 1. The first-order valence-corrected chi connectivity index (χ1v) is 8.03. The molecule has 1 heterocycles. The van der Waals surface area contributed by atoms with Crippen LogP contribution in [0.4, 0.5) is 0 Å². The van der Waals surface area contributed by atoms with E-state index in [1.807, 2.05) is 24.3 Å². The standard InChI is InChI=1S/C16H15ClN2O2S/c17-14-4-1-3-12(7-14)10-19(5-2-6-20)16(21)15-8-13(9-18)11-22-15/h1,3-4,7-8,11,20H,2,5-6,10H2. The lowest BCUT2D eigenvalue weighted by molar-refractivity contribution is 0.0737. The molecule has 1 amide bonds. The SMILES string of the molecule is N#Cc1csc(C(=O)N(CCCO)Cc2cccc(Cl)c2)c1. The summed E-state index contributed by atoms with van der Waals surface area (Å²) in [5, 5.41) is 20.2. The molecule has 4 nitrogen and oxygen atoms in total. The second kappa shape index (κ2) is 7.95. The van der Waals surface area contributed by atoms with Crippen molar-refractivity contribution in [1.29, 1.82) is 5.26 Å². The fourth-order valence-corrected chi connectivity index (χ4v) is 3.05. The molecule has 1 N–H and O–H groups in total. The van der Waals surface area contributed by atoms with Gasteiger partial charge >= 0.3 is 0 Å². The maximum absolute atomic E-state index is 12.6. The largest absolute Gasteiger partial charge is 0.396 e. The lowest BCUT2D eigenvalue weighted by Crippen LogP contribution is -2.31. The molecule has 1 aromatic heterocycles. The van der Waals surface area contributed by atoms with E-state index >= 15 is 0 Å². The summed E-state index contributed by atoms with van der Waals surface area (Å²) in [6, 6.07) is 11.0. The molecule has 0 bridgehead atoms. The van der Waals surface area contributed by atoms with Crippen molar-refractivity contribution in [1.82, 2.24) is 4.90 Å². The minimum Gasteiger partial charge on any atom is -0.396 e. The molecule has 0 fully saturated rings. The van der Waals surface area contributed by atoms with Crippen molar-refractivity contribution in [3.63, 3.8) is 0 Å². The van der Waals surface area contributed by atoms with Gasteiger partial charge in [-0.3, -0.25) is 4.79 Å². The molecule has 1 aromatic carbocycles. The molecule has 2 aromatic rings. The Morgan fingerprint density at radius 3 is 2.86 bits per heavy atom. The molecule has 22 heavy (non-hydrogen) atoms. The molecule has 0 atom stereocenters. The minimum atomic E-state index is -0.139. The molecule has 0 saturated heterocycles. The maximum atomic E-state index is 12.6. The van der Waals surface area contributed by atoms with Crippen LogP contribution in [0.25, 0.3) is 0 Å². The number of hydrogen-bond acceptors (Lipinski definition) is 4. The van der Waals surface area contributed by atoms with Crippen LogP contribution in [0.2, 0.25) is 5.02 Å². The third kappa shape index (κ3) is 4.31. The zero-order valence-electron chi connectivity index (χ0n) is 11.8. The van der Waals surface area contributed by atoms with E-state index in [0.29, 0.717) is 35.0 Å². The fourth-order valence-electron chi connectivity index (χ4n) is 2.03. The summed E-state index contributed by atoms with van der Waals surface area (Å²) in [6.07, 6.45) is 0.503. The van der Waals surface area contributed by atoms with Crippen molar-refractivity contribution < 1.29 is 9.90 Å². The molecule has 0 radical (unpaired) electrons. The summed E-state index contributed by atoms with van der Waals surface area (Å²) in [4.78, 5) is 14.8. The highest BCUT2D eigenvalue weighted by Crippen LogP contribution is 2.19. The van der Waals surface area contributed by atoms with Crippen LogP contribution in [0.1, 0.15) is 27.2 Å². The molecular weight excluding hydrogens is 320 g/mol. The molecular formula is C16H15ClN2O2S. The summed E-state index contributed by atoms with van der Waals surface area (Å²) >= 11 is 7.23. The Morgan fingerprint density at radius 1 is 1.41 bits per heavy atom. The number of aliphatic hydroxyl groups is 1. The van der Waals surface area contributed by atoms with E-state index in [1.54, 1.807) is 22.4 Å². The second-order valence-electron chi connectivity index (χ2n) is 4.75. The highest BCUT2D eigenvalue weighted by Gasteiger charge is 2.18. The van der Waals surface area contributed by atoms with Gasteiger partial charge in [0.05, 0.1) is 10.4 Å². The fraction of sp³-hybridized carbons (Fsp3) is 0.250. The van der Waals surface area contributed by atoms with Gasteiger partial charge in [0, 0.05) is 30.1 Å². The van der Waals surface area contributed by atoms with Gasteiger partial charge in [-0.1, -0.05) is 23.7 Å². The summed E-state index contributed by atoms with van der Waals surface area (Å²) in [6.45, 7) is 0.883. The van der Waals surface area contributed by atoms with E-state index in [1.165, 1.54) is 11.3 Å². The van der Waals surface area contributed by atoms with E-state index in [4.69, 9.17) is 22.0 Å². The Kier molecular flexibility index (Phi) is 5.96. The van der Waals surface area contributed by atoms with Crippen LogP contribution in [-0.2, 0) is 6.54 Å². The number of carbonyl (C=O) groups excluding carboxylic acids is 1. The van der Waals surface area contributed by atoms with Crippen molar-refractivity contribution in [3.8, 4) is 6.07 Å². The van der Waals surface area contributed by atoms with Crippen LogP contribution < -0.4 is 0 Å². The van der Waals surface area contributed by atoms with Crippen LogP contribution in [-0.4, -0.2) is 29.1 Å². The predicted octanol–water partition coefficient (Wildman–Crippen LogP) is 3.30. The van der Waals surface area contributed by atoms with Gasteiger partial charge in [0.2, 0.25) is 0 Å². The van der Waals surface area contributed by atoms with Crippen LogP contribution in [0, 0.1) is 11.3 Å². The van der Waals surface area contributed by atoms with Crippen LogP contribution in [0.15, 0.2) is 35.7 Å². The Balaban J connectivity index is 2.17. The van der Waals surface area contributed by atoms with Gasteiger partial charge in [0.25, 0.3) is 5.91 Å². The first kappa shape index (κ1) is 16.5. The third-order valence-corrected chi connectivity index (χ3v) is 4.23. The topological polar surface area (TPSA) is 64.3 Å². The van der Waals surface area contributed by atoms with Crippen LogP contribution in [0.5, 0.6) is 0 Å². The highest BCUT2D eigenvalue weighted by molar-refractivity contribution is 7.12. The number of halogens is 1. The monoisotopic (exact) mass is 334 g/mol. The van der Waals surface area contributed by atoms with Crippen molar-refractivity contribution >= 4 is 28.8 Å². The van der Waals surface area contributed by atoms with E-state index in [0.717, 1.165) is 5.56 Å². The Bertz CT molecular complexity index is 693. The number of nitrogens with zero attached hydrogens (tertiary/aromatic N) is 2. The minimum absolute atomic E-state index is 0.0210. The molecule has 2 rings (SSSR count). The van der Waals surface area contributed by atoms with Gasteiger partial charge < -0.3 is 10.0 Å². The second-order valence-corrected chi connectivity index (χ2v) is 6.09. The quantitative estimate of drug-likeness (QED) is 0.881. The van der Waals surface area contributed by atoms with Gasteiger partial charge in [0.1, 0.15) is 6.07 Å². The van der Waals surface area contributed by atoms with Crippen molar-refractivity contribution in [2.45, 2.75) is 13.0 Å². The Hall–Kier alpha value is -1.87. The van der Waals surface area contributed by atoms with Gasteiger partial charge in [-0.25, -0.2) is 0 Å². The zero-order valence-corrected chi connectivity index (χ0v) is 13.4. The highest BCUT2D eigenvalue weighted by atomic mass is 35.5. The average Bonchev–Trinajstić information content (AvgIpc) is 3.00. The first-order valence-electron chi connectivity index (χ1n) is 6.77. The van der Waals surface area contributed by atoms with E-state index < -0.39 is 0 Å². The smallest absolute Gasteiger partial charge is 0.264 e. The zero-order chi connectivity index (χ0) is 15.9. The number of benzene rings is 1. The molecule has 114 valence electrons. The summed E-state index contributed by atoms with van der Waals surface area (Å²) in [5.74, 6) is -0.139. The van der Waals surface area contributed by atoms with E-state index in [9.17, 15) is 4.79 Å². The molecule has 6 heteroatoms. The molecule has 0 unspecified atom stereocenters. The number of carbonyl (C=O) groups is 1. The summed E-state index contributed by atoms with van der Waals surface area (Å²) in [5.41, 5.74) is 1.41. The number of nitriles is 1. The first-order chi connectivity index (χ1) is 10.6. The molecule has 0 aliphatic rings. The van der Waals surface area contributed by atoms with Crippen LogP contribution >= 0.6 is 22.9 Å². The summed E-state index contributed by atoms with van der Waals surface area (Å²) in [7, 11) is 0.